The van der Waals surface area contributed by atoms with E-state index in [-0.39, 0.29) is 10.6 Å². The van der Waals surface area contributed by atoms with Crippen LogP contribution in [0.5, 0.6) is 11.5 Å². The second-order valence-electron chi connectivity index (χ2n) is 4.02. The molecule has 0 bridgehead atoms. The van der Waals surface area contributed by atoms with E-state index in [2.05, 4.69) is 0 Å². The lowest BCUT2D eigenvalue weighted by molar-refractivity contribution is 0.299. The maximum absolute atomic E-state index is 11.4. The highest BCUT2D eigenvalue weighted by molar-refractivity contribution is 7.86. The van der Waals surface area contributed by atoms with Gasteiger partial charge in [0, 0.05) is 17.2 Å². The Morgan fingerprint density at radius 1 is 1.40 bits per heavy atom. The molecule has 2 heterocycles. The van der Waals surface area contributed by atoms with Crippen LogP contribution in [0.15, 0.2) is 17.0 Å². The second-order valence-corrected chi connectivity index (χ2v) is 8.23. The largest absolute Gasteiger partial charge is 0.495 e. The van der Waals surface area contributed by atoms with Gasteiger partial charge in [0.15, 0.2) is 0 Å². The smallest absolute Gasteiger partial charge is 0.298 e. The highest BCUT2D eigenvalue weighted by Crippen LogP contribution is 2.46. The molecule has 0 fully saturated rings. The molecular weight excluding hydrogens is 340 g/mol. The van der Waals surface area contributed by atoms with Crippen LogP contribution in [0.1, 0.15) is 5.56 Å². The topological polar surface area (TPSA) is 72.8 Å². The van der Waals surface area contributed by atoms with Crippen molar-refractivity contribution in [1.29, 1.82) is 0 Å². The zero-order valence-corrected chi connectivity index (χ0v) is 13.3. The zero-order chi connectivity index (χ0) is 14.5. The Labute approximate surface area is 127 Å². The van der Waals surface area contributed by atoms with E-state index >= 15 is 0 Å². The van der Waals surface area contributed by atoms with Crippen molar-refractivity contribution in [2.45, 2.75) is 11.5 Å². The first kappa shape index (κ1) is 14.0. The van der Waals surface area contributed by atoms with E-state index in [1.807, 2.05) is 0 Å². The van der Waals surface area contributed by atoms with Gasteiger partial charge in [-0.2, -0.15) is 8.42 Å². The third kappa shape index (κ3) is 2.15. The molecule has 0 atom stereocenters. The number of methoxy groups -OCH3 is 1. The van der Waals surface area contributed by atoms with Gasteiger partial charge in [0.2, 0.25) is 0 Å². The zero-order valence-electron chi connectivity index (χ0n) is 10.1. The Bertz CT molecular complexity index is 846. The van der Waals surface area contributed by atoms with E-state index in [1.165, 1.54) is 39.9 Å². The van der Waals surface area contributed by atoms with Crippen LogP contribution in [0, 0.1) is 3.82 Å². The van der Waals surface area contributed by atoms with Crippen LogP contribution in [-0.4, -0.2) is 20.1 Å². The molecule has 1 aliphatic heterocycles. The quantitative estimate of drug-likeness (QED) is 0.510. The summed E-state index contributed by atoms with van der Waals surface area (Å²) < 4.78 is 43.5. The van der Waals surface area contributed by atoms with Crippen molar-refractivity contribution < 1.29 is 22.4 Å². The Hall–Kier alpha value is -1.00. The second kappa shape index (κ2) is 4.78. The van der Waals surface area contributed by atoms with Crippen molar-refractivity contribution in [3.63, 3.8) is 0 Å². The maximum atomic E-state index is 11.4. The van der Waals surface area contributed by atoms with Crippen molar-refractivity contribution in [1.82, 2.24) is 0 Å². The van der Waals surface area contributed by atoms with Crippen LogP contribution in [0.2, 0.25) is 0 Å². The van der Waals surface area contributed by atoms with Crippen molar-refractivity contribution >= 4 is 43.0 Å². The summed E-state index contributed by atoms with van der Waals surface area (Å²) in [6, 6.07) is 2.83. The van der Waals surface area contributed by atoms with Crippen LogP contribution in [0.4, 0.5) is 0 Å². The average Bonchev–Trinajstić information content (AvgIpc) is 2.78. The van der Waals surface area contributed by atoms with Gasteiger partial charge in [0.1, 0.15) is 26.8 Å². The third-order valence-corrected chi connectivity index (χ3v) is 6.93. The monoisotopic (exact) mass is 348 g/mol. The van der Waals surface area contributed by atoms with Gasteiger partial charge in [-0.1, -0.05) is 32.9 Å². The molecule has 0 saturated carbocycles. The fraction of sp³-hybridized carbons (Fsp3) is 0.182. The molecule has 0 radical (unpaired) electrons. The standard InChI is InChI=1S/C11H8O5S4/c1-15-8-3-7-5(2-9(8)20(12,13)14)10-6(4-16-7)11(17)19-18-10/h2-3H,4H2,1H3,(H,12,13,14). The number of benzene rings is 1. The molecule has 1 aliphatic rings. The number of rotatable bonds is 2. The fourth-order valence-electron chi connectivity index (χ4n) is 1.95. The molecule has 20 heavy (non-hydrogen) atoms. The number of fused-ring (bicyclic) bond motifs is 3. The summed E-state index contributed by atoms with van der Waals surface area (Å²) in [6.07, 6.45) is 0. The first-order valence-corrected chi connectivity index (χ1v) is 9.36. The maximum Gasteiger partial charge on any atom is 0.298 e. The minimum atomic E-state index is -4.37. The lowest BCUT2D eigenvalue weighted by Crippen LogP contribution is -2.07. The number of ether oxygens (including phenoxy) is 2. The molecule has 0 amide bonds. The van der Waals surface area contributed by atoms with Gasteiger partial charge in [0.25, 0.3) is 10.1 Å². The molecule has 0 saturated heterocycles. The Morgan fingerprint density at radius 3 is 2.80 bits per heavy atom. The first-order valence-electron chi connectivity index (χ1n) is 5.36. The summed E-state index contributed by atoms with van der Waals surface area (Å²) in [5.74, 6) is 0.569. The summed E-state index contributed by atoms with van der Waals surface area (Å²) in [4.78, 5) is 0.605. The summed E-state index contributed by atoms with van der Waals surface area (Å²) in [5.41, 5.74) is 1.49. The normalized spacial score (nSPS) is 13.3. The highest BCUT2D eigenvalue weighted by Gasteiger charge is 2.26. The molecule has 0 spiro atoms. The van der Waals surface area contributed by atoms with E-state index in [4.69, 9.17) is 21.7 Å². The molecule has 3 rings (SSSR count). The molecule has 5 nitrogen and oxygen atoms in total. The number of hydrogen-bond acceptors (Lipinski definition) is 7. The van der Waals surface area contributed by atoms with E-state index < -0.39 is 10.1 Å². The lowest BCUT2D eigenvalue weighted by atomic mass is 10.1. The molecule has 1 N–H and O–H groups in total. The number of hydrogen-bond donors (Lipinski definition) is 1. The van der Waals surface area contributed by atoms with E-state index in [9.17, 15) is 13.0 Å². The van der Waals surface area contributed by atoms with Crippen LogP contribution >= 0.6 is 32.9 Å². The van der Waals surface area contributed by atoms with Gasteiger partial charge >= 0.3 is 0 Å². The minimum Gasteiger partial charge on any atom is -0.495 e. The van der Waals surface area contributed by atoms with E-state index in [0.717, 1.165) is 14.3 Å². The van der Waals surface area contributed by atoms with Gasteiger partial charge in [-0.15, -0.1) is 0 Å². The van der Waals surface area contributed by atoms with E-state index in [0.29, 0.717) is 17.9 Å². The molecule has 1 aromatic carbocycles. The average molecular weight is 348 g/mol. The molecule has 1 aromatic heterocycles. The van der Waals surface area contributed by atoms with Crippen molar-refractivity contribution in [3.05, 3.63) is 21.5 Å². The Balaban J connectivity index is 2.32. The van der Waals surface area contributed by atoms with Crippen LogP contribution in [0.3, 0.4) is 0 Å². The first-order chi connectivity index (χ1) is 9.41. The molecule has 9 heteroatoms. The molecular formula is C11H8O5S4. The molecule has 0 unspecified atom stereocenters. The fourth-order valence-corrected chi connectivity index (χ4v) is 5.49. The van der Waals surface area contributed by atoms with Gasteiger partial charge in [-0.25, -0.2) is 0 Å². The molecule has 2 aromatic rings. The summed E-state index contributed by atoms with van der Waals surface area (Å²) >= 11 is 5.21. The summed E-state index contributed by atoms with van der Waals surface area (Å²) in [6.45, 7) is 0.357. The SMILES string of the molecule is COc1cc2c(cc1S(=O)(=O)O)-c1ssc(=S)c1CO2. The highest BCUT2D eigenvalue weighted by atomic mass is 32.9. The minimum absolute atomic E-state index is 0.0496. The van der Waals surface area contributed by atoms with Gasteiger partial charge in [-0.3, -0.25) is 4.55 Å². The predicted molar refractivity (Wildman–Crippen MR) is 79.2 cm³/mol. The van der Waals surface area contributed by atoms with Gasteiger partial charge in [0.05, 0.1) is 12.0 Å². The summed E-state index contributed by atoms with van der Waals surface area (Å²) in [5, 5.41) is 0. The lowest BCUT2D eigenvalue weighted by Gasteiger charge is -2.19. The molecule has 0 aliphatic carbocycles. The molecule has 106 valence electrons. The van der Waals surface area contributed by atoms with Crippen LogP contribution in [-0.2, 0) is 16.7 Å². The van der Waals surface area contributed by atoms with E-state index in [1.54, 1.807) is 0 Å². The third-order valence-electron chi connectivity index (χ3n) is 2.88. The van der Waals surface area contributed by atoms with Crippen molar-refractivity contribution in [3.8, 4) is 21.9 Å². The van der Waals surface area contributed by atoms with Crippen LogP contribution in [0.25, 0.3) is 10.4 Å². The Kier molecular flexibility index (Phi) is 3.33. The van der Waals surface area contributed by atoms with Gasteiger partial charge in [-0.05, 0) is 6.07 Å². The summed E-state index contributed by atoms with van der Waals surface area (Å²) in [7, 11) is -0.133. The van der Waals surface area contributed by atoms with Crippen LogP contribution < -0.4 is 9.47 Å². The van der Waals surface area contributed by atoms with Gasteiger partial charge < -0.3 is 9.47 Å². The Morgan fingerprint density at radius 2 is 2.15 bits per heavy atom. The predicted octanol–water partition coefficient (Wildman–Crippen LogP) is 3.35. The van der Waals surface area contributed by atoms with Crippen molar-refractivity contribution in [2.24, 2.45) is 0 Å². The van der Waals surface area contributed by atoms with Crippen molar-refractivity contribution in [2.75, 3.05) is 7.11 Å².